The number of rotatable bonds is 8. The van der Waals surface area contributed by atoms with E-state index >= 15 is 0 Å². The molecule has 4 heteroatoms. The van der Waals surface area contributed by atoms with Crippen molar-refractivity contribution in [2.24, 2.45) is 11.7 Å². The second kappa shape index (κ2) is 6.26. The van der Waals surface area contributed by atoms with Crippen molar-refractivity contribution in [3.63, 3.8) is 0 Å². The van der Waals surface area contributed by atoms with Crippen LogP contribution in [0.4, 0.5) is 0 Å². The molecule has 0 spiro atoms. The van der Waals surface area contributed by atoms with Gasteiger partial charge in [-0.05, 0) is 37.3 Å². The van der Waals surface area contributed by atoms with Crippen molar-refractivity contribution in [2.45, 2.75) is 31.7 Å². The minimum Gasteiger partial charge on any atom is -0.490 e. The van der Waals surface area contributed by atoms with Crippen molar-refractivity contribution in [1.82, 2.24) is 0 Å². The lowest BCUT2D eigenvalue weighted by atomic mass is 9.97. The fourth-order valence-corrected chi connectivity index (χ4v) is 2.06. The molecular formula is C15H23NO3. The first-order chi connectivity index (χ1) is 9.19. The first-order valence-electron chi connectivity index (χ1n) is 6.94. The molecule has 2 rings (SSSR count). The highest BCUT2D eigenvalue weighted by atomic mass is 16.5. The summed E-state index contributed by atoms with van der Waals surface area (Å²) in [4.78, 5) is 0. The molecule has 1 aliphatic rings. The minimum atomic E-state index is -0.627. The highest BCUT2D eigenvalue weighted by Gasteiger charge is 2.42. The standard InChI is InChI=1S/C15H23NO3/c1-2-9-18-13-5-3-4-6-14(13)19-11-15(16,10-17)12-7-8-12/h3-6,12,17H,2,7-11,16H2,1H3. The number of aliphatic hydroxyl groups excluding tert-OH is 1. The maximum absolute atomic E-state index is 9.45. The summed E-state index contributed by atoms with van der Waals surface area (Å²) in [5.74, 6) is 1.81. The quantitative estimate of drug-likeness (QED) is 0.754. The number of benzene rings is 1. The van der Waals surface area contributed by atoms with Crippen LogP contribution in [0.25, 0.3) is 0 Å². The Balaban J connectivity index is 1.98. The molecule has 0 heterocycles. The van der Waals surface area contributed by atoms with Crippen LogP contribution in [-0.4, -0.2) is 30.5 Å². The Morgan fingerprint density at radius 1 is 1.26 bits per heavy atom. The molecule has 1 saturated carbocycles. The van der Waals surface area contributed by atoms with Gasteiger partial charge >= 0.3 is 0 Å². The van der Waals surface area contributed by atoms with Gasteiger partial charge in [0.2, 0.25) is 0 Å². The molecule has 1 unspecified atom stereocenters. The SMILES string of the molecule is CCCOc1ccccc1OCC(N)(CO)C1CC1. The lowest BCUT2D eigenvalue weighted by molar-refractivity contribution is 0.114. The van der Waals surface area contributed by atoms with Gasteiger partial charge in [-0.15, -0.1) is 0 Å². The molecule has 1 fully saturated rings. The molecule has 3 N–H and O–H groups in total. The van der Waals surface area contributed by atoms with E-state index < -0.39 is 5.54 Å². The average molecular weight is 265 g/mol. The van der Waals surface area contributed by atoms with Crippen molar-refractivity contribution in [2.75, 3.05) is 19.8 Å². The molecule has 106 valence electrons. The Morgan fingerprint density at radius 3 is 2.42 bits per heavy atom. The number of ether oxygens (including phenoxy) is 2. The first-order valence-corrected chi connectivity index (χ1v) is 6.94. The van der Waals surface area contributed by atoms with Gasteiger partial charge in [0.15, 0.2) is 11.5 Å². The maximum atomic E-state index is 9.45. The van der Waals surface area contributed by atoms with Gasteiger partial charge in [-0.3, -0.25) is 0 Å². The van der Waals surface area contributed by atoms with Crippen LogP contribution in [0.3, 0.4) is 0 Å². The zero-order valence-electron chi connectivity index (χ0n) is 11.5. The maximum Gasteiger partial charge on any atom is 0.161 e. The van der Waals surface area contributed by atoms with E-state index in [0.29, 0.717) is 24.9 Å². The van der Waals surface area contributed by atoms with E-state index in [1.165, 1.54) is 0 Å². The average Bonchev–Trinajstić information content (AvgIpc) is 3.28. The van der Waals surface area contributed by atoms with Crippen LogP contribution in [0.15, 0.2) is 24.3 Å². The minimum absolute atomic E-state index is 0.0460. The number of hydrogen-bond acceptors (Lipinski definition) is 4. The molecule has 0 aliphatic heterocycles. The van der Waals surface area contributed by atoms with Crippen molar-refractivity contribution in [3.8, 4) is 11.5 Å². The summed E-state index contributed by atoms with van der Waals surface area (Å²) in [6.07, 6.45) is 3.11. The molecule has 1 atom stereocenters. The second-order valence-corrected chi connectivity index (χ2v) is 5.25. The van der Waals surface area contributed by atoms with Gasteiger partial charge in [-0.1, -0.05) is 19.1 Å². The normalized spacial score (nSPS) is 17.8. The van der Waals surface area contributed by atoms with E-state index in [-0.39, 0.29) is 6.61 Å². The summed E-state index contributed by atoms with van der Waals surface area (Å²) < 4.78 is 11.4. The molecule has 0 radical (unpaired) electrons. The fraction of sp³-hybridized carbons (Fsp3) is 0.600. The van der Waals surface area contributed by atoms with Crippen LogP contribution >= 0.6 is 0 Å². The van der Waals surface area contributed by atoms with Gasteiger partial charge in [0.25, 0.3) is 0 Å². The monoisotopic (exact) mass is 265 g/mol. The van der Waals surface area contributed by atoms with Crippen molar-refractivity contribution in [3.05, 3.63) is 24.3 Å². The number of hydrogen-bond donors (Lipinski definition) is 2. The topological polar surface area (TPSA) is 64.7 Å². The van der Waals surface area contributed by atoms with Gasteiger partial charge in [-0.2, -0.15) is 0 Å². The Bertz CT molecular complexity index is 406. The van der Waals surface area contributed by atoms with Gasteiger partial charge in [0.1, 0.15) is 6.61 Å². The Labute approximate surface area is 114 Å². The van der Waals surface area contributed by atoms with Gasteiger partial charge < -0.3 is 20.3 Å². The highest BCUT2D eigenvalue weighted by molar-refractivity contribution is 5.39. The van der Waals surface area contributed by atoms with Crippen LogP contribution in [-0.2, 0) is 0 Å². The molecule has 0 bridgehead atoms. The fourth-order valence-electron chi connectivity index (χ4n) is 2.06. The Kier molecular flexibility index (Phi) is 4.66. The predicted molar refractivity (Wildman–Crippen MR) is 74.5 cm³/mol. The zero-order chi connectivity index (χ0) is 13.7. The summed E-state index contributed by atoms with van der Waals surface area (Å²) in [6.45, 7) is 3.00. The first kappa shape index (κ1) is 14.2. The van der Waals surface area contributed by atoms with Gasteiger partial charge in [0.05, 0.1) is 18.8 Å². The summed E-state index contributed by atoms with van der Waals surface area (Å²) in [6, 6.07) is 7.58. The Hall–Kier alpha value is -1.26. The smallest absolute Gasteiger partial charge is 0.161 e. The van der Waals surface area contributed by atoms with Crippen LogP contribution in [0.5, 0.6) is 11.5 Å². The summed E-state index contributed by atoms with van der Waals surface area (Å²) in [7, 11) is 0. The largest absolute Gasteiger partial charge is 0.490 e. The zero-order valence-corrected chi connectivity index (χ0v) is 11.5. The lowest BCUT2D eigenvalue weighted by Crippen LogP contribution is -2.51. The molecule has 1 aromatic rings. The third kappa shape index (κ3) is 3.61. The highest BCUT2D eigenvalue weighted by Crippen LogP contribution is 2.39. The lowest BCUT2D eigenvalue weighted by Gasteiger charge is -2.27. The third-order valence-corrected chi connectivity index (χ3v) is 3.49. The molecule has 4 nitrogen and oxygen atoms in total. The van der Waals surface area contributed by atoms with Crippen LogP contribution in [0.1, 0.15) is 26.2 Å². The summed E-state index contributed by atoms with van der Waals surface area (Å²) in [5, 5.41) is 9.45. The van der Waals surface area contributed by atoms with Gasteiger partial charge in [0, 0.05) is 0 Å². The van der Waals surface area contributed by atoms with E-state index in [2.05, 4.69) is 6.92 Å². The number of aliphatic hydroxyl groups is 1. The molecule has 1 aliphatic carbocycles. The molecule has 0 aromatic heterocycles. The van der Waals surface area contributed by atoms with E-state index in [4.69, 9.17) is 15.2 Å². The molecule has 0 saturated heterocycles. The molecular weight excluding hydrogens is 242 g/mol. The van der Waals surface area contributed by atoms with Crippen LogP contribution in [0.2, 0.25) is 0 Å². The van der Waals surface area contributed by atoms with E-state index in [0.717, 1.165) is 25.0 Å². The van der Waals surface area contributed by atoms with Crippen molar-refractivity contribution >= 4 is 0 Å². The third-order valence-electron chi connectivity index (χ3n) is 3.49. The van der Waals surface area contributed by atoms with E-state index in [1.54, 1.807) is 0 Å². The number of para-hydroxylation sites is 2. The van der Waals surface area contributed by atoms with Crippen LogP contribution in [0, 0.1) is 5.92 Å². The molecule has 19 heavy (non-hydrogen) atoms. The van der Waals surface area contributed by atoms with Crippen LogP contribution < -0.4 is 15.2 Å². The van der Waals surface area contributed by atoms with Crippen molar-refractivity contribution in [1.29, 1.82) is 0 Å². The number of nitrogens with two attached hydrogens (primary N) is 1. The van der Waals surface area contributed by atoms with Crippen molar-refractivity contribution < 1.29 is 14.6 Å². The van der Waals surface area contributed by atoms with Gasteiger partial charge in [-0.25, -0.2) is 0 Å². The Morgan fingerprint density at radius 2 is 1.89 bits per heavy atom. The summed E-state index contributed by atoms with van der Waals surface area (Å²) >= 11 is 0. The molecule has 0 amide bonds. The second-order valence-electron chi connectivity index (χ2n) is 5.25. The van der Waals surface area contributed by atoms with E-state index in [1.807, 2.05) is 24.3 Å². The molecule has 1 aromatic carbocycles. The van der Waals surface area contributed by atoms with E-state index in [9.17, 15) is 5.11 Å². The predicted octanol–water partition coefficient (Wildman–Crippen LogP) is 1.95. The summed E-state index contributed by atoms with van der Waals surface area (Å²) in [5.41, 5.74) is 5.56.